The molecule has 25 heavy (non-hydrogen) atoms. The number of rotatable bonds is 7. The van der Waals surface area contributed by atoms with Crippen LogP contribution in [0.25, 0.3) is 0 Å². The van der Waals surface area contributed by atoms with Crippen LogP contribution >= 0.6 is 11.8 Å². The van der Waals surface area contributed by atoms with E-state index < -0.39 is 0 Å². The highest BCUT2D eigenvalue weighted by molar-refractivity contribution is 7.97. The summed E-state index contributed by atoms with van der Waals surface area (Å²) in [6, 6.07) is 4.86. The van der Waals surface area contributed by atoms with E-state index in [2.05, 4.69) is 20.6 Å². The van der Waals surface area contributed by atoms with Crippen molar-refractivity contribution in [2.45, 2.75) is 39.6 Å². The molecule has 2 N–H and O–H groups in total. The fourth-order valence-corrected chi connectivity index (χ4v) is 2.90. The third-order valence-corrected chi connectivity index (χ3v) is 4.30. The maximum atomic E-state index is 13.4. The summed E-state index contributed by atoms with van der Waals surface area (Å²) >= 11 is 1.67. The average Bonchev–Trinajstić information content (AvgIpc) is 2.90. The van der Waals surface area contributed by atoms with Crippen LogP contribution in [-0.2, 0) is 18.8 Å². The van der Waals surface area contributed by atoms with Crippen LogP contribution in [0.15, 0.2) is 27.6 Å². The number of oxazole rings is 1. The molecule has 0 fully saturated rings. The number of aromatic nitrogens is 1. The van der Waals surface area contributed by atoms with Crippen molar-refractivity contribution >= 4 is 17.7 Å². The van der Waals surface area contributed by atoms with E-state index in [9.17, 15) is 4.39 Å². The lowest BCUT2D eigenvalue weighted by atomic mass is 10.1. The van der Waals surface area contributed by atoms with Gasteiger partial charge in [-0.05, 0) is 50.3 Å². The first-order valence-electron chi connectivity index (χ1n) is 8.24. The van der Waals surface area contributed by atoms with Gasteiger partial charge >= 0.3 is 0 Å². The van der Waals surface area contributed by atoms with Crippen LogP contribution in [0.3, 0.4) is 0 Å². The Morgan fingerprint density at radius 1 is 1.28 bits per heavy atom. The van der Waals surface area contributed by atoms with Crippen molar-refractivity contribution in [3.05, 3.63) is 52.5 Å². The van der Waals surface area contributed by atoms with Gasteiger partial charge in [-0.3, -0.25) is 0 Å². The van der Waals surface area contributed by atoms with Gasteiger partial charge in [-0.2, -0.15) is 11.8 Å². The van der Waals surface area contributed by atoms with Crippen molar-refractivity contribution < 1.29 is 8.81 Å². The zero-order valence-corrected chi connectivity index (χ0v) is 16.0. The zero-order chi connectivity index (χ0) is 18.2. The number of nitrogens with zero attached hydrogens (tertiary/aromatic N) is 2. The minimum atomic E-state index is -0.212. The molecule has 2 aromatic rings. The van der Waals surface area contributed by atoms with Gasteiger partial charge in [-0.15, -0.1) is 0 Å². The Morgan fingerprint density at radius 2 is 2.08 bits per heavy atom. The molecule has 7 heteroatoms. The molecule has 0 saturated heterocycles. The maximum Gasteiger partial charge on any atom is 0.214 e. The van der Waals surface area contributed by atoms with Gasteiger partial charge in [-0.1, -0.05) is 6.07 Å². The van der Waals surface area contributed by atoms with Crippen molar-refractivity contribution in [2.75, 3.05) is 12.8 Å². The molecule has 0 spiro atoms. The highest BCUT2D eigenvalue weighted by atomic mass is 32.2. The Hall–Kier alpha value is -2.02. The van der Waals surface area contributed by atoms with Gasteiger partial charge in [0.05, 0.1) is 18.8 Å². The third kappa shape index (κ3) is 5.77. The molecular weight excluding hydrogens is 339 g/mol. The maximum absolute atomic E-state index is 13.4. The monoisotopic (exact) mass is 364 g/mol. The van der Waals surface area contributed by atoms with E-state index in [0.717, 1.165) is 34.9 Å². The molecule has 1 aromatic carbocycles. The molecule has 0 aliphatic heterocycles. The second-order valence-electron chi connectivity index (χ2n) is 5.64. The first-order chi connectivity index (χ1) is 12.0. The normalized spacial score (nSPS) is 11.6. The first kappa shape index (κ1) is 19.3. The molecular formula is C18H25FN4OS. The summed E-state index contributed by atoms with van der Waals surface area (Å²) in [6.07, 6.45) is 2.00. The molecule has 0 saturated carbocycles. The SMILES string of the molecule is CCNC(=NCc1ccc(F)cc1CSC)NCc1nc(C)c(C)o1. The minimum Gasteiger partial charge on any atom is -0.444 e. The fraction of sp³-hybridized carbons (Fsp3) is 0.444. The summed E-state index contributed by atoms with van der Waals surface area (Å²) in [5.74, 6) is 2.69. The fourth-order valence-electron chi connectivity index (χ4n) is 2.32. The summed E-state index contributed by atoms with van der Waals surface area (Å²) in [6.45, 7) is 7.51. The van der Waals surface area contributed by atoms with Gasteiger partial charge < -0.3 is 15.1 Å². The van der Waals surface area contributed by atoms with Crippen LogP contribution in [0.1, 0.15) is 35.4 Å². The van der Waals surface area contributed by atoms with Gasteiger partial charge in [0.15, 0.2) is 5.96 Å². The van der Waals surface area contributed by atoms with E-state index in [1.54, 1.807) is 23.9 Å². The topological polar surface area (TPSA) is 62.5 Å². The van der Waals surface area contributed by atoms with E-state index in [1.165, 1.54) is 6.07 Å². The average molecular weight is 364 g/mol. The first-order valence-corrected chi connectivity index (χ1v) is 9.64. The standard InChI is InChI=1S/C18H25FN4OS/c1-5-20-18(22-10-17-23-12(2)13(3)24-17)21-9-14-6-7-16(19)8-15(14)11-25-4/h6-8H,5,9-11H2,1-4H3,(H2,20,21,22). The summed E-state index contributed by atoms with van der Waals surface area (Å²) in [4.78, 5) is 8.95. The molecule has 0 aliphatic carbocycles. The smallest absolute Gasteiger partial charge is 0.214 e. The molecule has 136 valence electrons. The van der Waals surface area contributed by atoms with Gasteiger partial charge in [0.1, 0.15) is 11.6 Å². The van der Waals surface area contributed by atoms with Crippen LogP contribution in [-0.4, -0.2) is 23.7 Å². The molecule has 0 aliphatic rings. The van der Waals surface area contributed by atoms with Gasteiger partial charge in [0.2, 0.25) is 5.89 Å². The number of thioether (sulfide) groups is 1. The minimum absolute atomic E-state index is 0.212. The number of benzene rings is 1. The van der Waals surface area contributed by atoms with Crippen molar-refractivity contribution in [1.29, 1.82) is 0 Å². The van der Waals surface area contributed by atoms with Crippen LogP contribution in [0.4, 0.5) is 4.39 Å². The Bertz CT molecular complexity index is 710. The number of hydrogen-bond donors (Lipinski definition) is 2. The Morgan fingerprint density at radius 3 is 2.72 bits per heavy atom. The zero-order valence-electron chi connectivity index (χ0n) is 15.1. The Kier molecular flexibility index (Phi) is 7.31. The van der Waals surface area contributed by atoms with Crippen molar-refractivity contribution in [1.82, 2.24) is 15.6 Å². The largest absolute Gasteiger partial charge is 0.444 e. The molecule has 0 amide bonds. The van der Waals surface area contributed by atoms with E-state index in [0.29, 0.717) is 24.9 Å². The van der Waals surface area contributed by atoms with Crippen LogP contribution in [0.5, 0.6) is 0 Å². The third-order valence-electron chi connectivity index (χ3n) is 3.70. The predicted molar refractivity (Wildman–Crippen MR) is 101 cm³/mol. The lowest BCUT2D eigenvalue weighted by Gasteiger charge is -2.11. The summed E-state index contributed by atoms with van der Waals surface area (Å²) in [5.41, 5.74) is 2.90. The molecule has 0 atom stereocenters. The van der Waals surface area contributed by atoms with Gasteiger partial charge in [0.25, 0.3) is 0 Å². The number of aryl methyl sites for hydroxylation is 2. The highest BCUT2D eigenvalue weighted by Crippen LogP contribution is 2.17. The quantitative estimate of drug-likeness (QED) is 0.581. The molecule has 0 radical (unpaired) electrons. The van der Waals surface area contributed by atoms with Crippen LogP contribution < -0.4 is 10.6 Å². The van der Waals surface area contributed by atoms with E-state index in [1.807, 2.05) is 27.0 Å². The molecule has 0 bridgehead atoms. The number of guanidine groups is 1. The van der Waals surface area contributed by atoms with Crippen molar-refractivity contribution in [3.8, 4) is 0 Å². The Balaban J connectivity index is 2.06. The van der Waals surface area contributed by atoms with Gasteiger partial charge in [0, 0.05) is 12.3 Å². The highest BCUT2D eigenvalue weighted by Gasteiger charge is 2.07. The van der Waals surface area contributed by atoms with Crippen molar-refractivity contribution in [3.63, 3.8) is 0 Å². The van der Waals surface area contributed by atoms with E-state index in [4.69, 9.17) is 4.42 Å². The van der Waals surface area contributed by atoms with Gasteiger partial charge in [-0.25, -0.2) is 14.4 Å². The molecule has 1 aromatic heterocycles. The summed E-state index contributed by atoms with van der Waals surface area (Å²) < 4.78 is 19.0. The molecule has 2 rings (SSSR count). The lowest BCUT2D eigenvalue weighted by Crippen LogP contribution is -2.36. The lowest BCUT2D eigenvalue weighted by molar-refractivity contribution is 0.463. The predicted octanol–water partition coefficient (Wildman–Crippen LogP) is 3.55. The molecule has 1 heterocycles. The van der Waals surface area contributed by atoms with E-state index >= 15 is 0 Å². The van der Waals surface area contributed by atoms with Crippen molar-refractivity contribution in [2.24, 2.45) is 4.99 Å². The Labute approximate surface area is 152 Å². The number of halogens is 1. The van der Waals surface area contributed by atoms with E-state index in [-0.39, 0.29) is 5.82 Å². The summed E-state index contributed by atoms with van der Waals surface area (Å²) in [5, 5.41) is 6.41. The number of nitrogens with one attached hydrogen (secondary N) is 2. The molecule has 0 unspecified atom stereocenters. The summed E-state index contributed by atoms with van der Waals surface area (Å²) in [7, 11) is 0. The number of aliphatic imine (C=N–C) groups is 1. The second-order valence-corrected chi connectivity index (χ2v) is 6.51. The van der Waals surface area contributed by atoms with Crippen LogP contribution in [0.2, 0.25) is 0 Å². The number of hydrogen-bond acceptors (Lipinski definition) is 4. The van der Waals surface area contributed by atoms with Crippen LogP contribution in [0, 0.1) is 19.7 Å². The molecule has 5 nitrogen and oxygen atoms in total. The second kappa shape index (κ2) is 9.46.